The van der Waals surface area contributed by atoms with Gasteiger partial charge in [0.05, 0.1) is 10.5 Å². The van der Waals surface area contributed by atoms with Crippen LogP contribution in [0, 0.1) is 17.0 Å². The minimum atomic E-state index is -0.806. The average Bonchev–Trinajstić information content (AvgIpc) is 3.24. The largest absolute Gasteiger partial charge is 0.452 e. The summed E-state index contributed by atoms with van der Waals surface area (Å²) in [5, 5.41) is 14.6. The van der Waals surface area contributed by atoms with E-state index in [2.05, 4.69) is 5.32 Å². The minimum Gasteiger partial charge on any atom is -0.452 e. The lowest BCUT2D eigenvalue weighted by molar-refractivity contribution is -0.384. The van der Waals surface area contributed by atoms with Crippen LogP contribution < -0.4 is 10.2 Å². The predicted octanol–water partition coefficient (Wildman–Crippen LogP) is 3.95. The van der Waals surface area contributed by atoms with E-state index in [0.29, 0.717) is 22.0 Å². The summed E-state index contributed by atoms with van der Waals surface area (Å²) < 4.78 is 5.01. The first-order valence-corrected chi connectivity index (χ1v) is 9.50. The number of benzene rings is 2. The van der Waals surface area contributed by atoms with E-state index in [0.717, 1.165) is 25.9 Å². The highest BCUT2D eigenvalue weighted by Crippen LogP contribution is 2.31. The number of hydrogen-bond donors (Lipinski definition) is 1. The Kier molecular flexibility index (Phi) is 6.33. The van der Waals surface area contributed by atoms with Gasteiger partial charge in [-0.05, 0) is 49.6 Å². The fraction of sp³-hybridized carbons (Fsp3) is 0.300. The van der Waals surface area contributed by atoms with E-state index in [-0.39, 0.29) is 11.3 Å². The summed E-state index contributed by atoms with van der Waals surface area (Å²) >= 11 is 6.01. The van der Waals surface area contributed by atoms with Gasteiger partial charge in [0, 0.05) is 29.9 Å². The van der Waals surface area contributed by atoms with E-state index in [1.54, 1.807) is 31.2 Å². The van der Waals surface area contributed by atoms with Crippen LogP contribution in [-0.2, 0) is 9.53 Å². The Morgan fingerprint density at radius 1 is 1.24 bits per heavy atom. The molecule has 9 heteroatoms. The summed E-state index contributed by atoms with van der Waals surface area (Å²) in [6.45, 7) is 2.72. The van der Waals surface area contributed by atoms with E-state index in [4.69, 9.17) is 16.3 Å². The zero-order valence-electron chi connectivity index (χ0n) is 15.8. The van der Waals surface area contributed by atoms with Crippen molar-refractivity contribution in [3.05, 3.63) is 62.7 Å². The highest BCUT2D eigenvalue weighted by atomic mass is 35.5. The Balaban J connectivity index is 1.65. The number of ether oxygens (including phenoxy) is 1. The van der Waals surface area contributed by atoms with Crippen molar-refractivity contribution in [3.8, 4) is 0 Å². The number of anilines is 2. The maximum atomic E-state index is 12.3. The molecule has 0 atom stereocenters. The molecule has 8 nitrogen and oxygen atoms in total. The molecule has 0 bridgehead atoms. The summed E-state index contributed by atoms with van der Waals surface area (Å²) in [7, 11) is 0. The summed E-state index contributed by atoms with van der Waals surface area (Å²) in [6.07, 6.45) is 1.95. The minimum absolute atomic E-state index is 0.0198. The van der Waals surface area contributed by atoms with Gasteiger partial charge in [-0.1, -0.05) is 17.7 Å². The third-order valence-electron chi connectivity index (χ3n) is 4.73. The van der Waals surface area contributed by atoms with Gasteiger partial charge in [-0.15, -0.1) is 0 Å². The van der Waals surface area contributed by atoms with Crippen LogP contribution in [0.15, 0.2) is 36.4 Å². The Morgan fingerprint density at radius 3 is 2.66 bits per heavy atom. The second-order valence-corrected chi connectivity index (χ2v) is 7.10. The molecule has 1 fully saturated rings. The van der Waals surface area contributed by atoms with Gasteiger partial charge in [0.25, 0.3) is 11.6 Å². The molecular weight excluding hydrogens is 398 g/mol. The van der Waals surface area contributed by atoms with Crippen molar-refractivity contribution in [2.75, 3.05) is 29.9 Å². The zero-order chi connectivity index (χ0) is 21.0. The predicted molar refractivity (Wildman–Crippen MR) is 110 cm³/mol. The molecule has 0 aliphatic carbocycles. The summed E-state index contributed by atoms with van der Waals surface area (Å²) in [5.41, 5.74) is 1.57. The molecule has 2 aromatic carbocycles. The topological polar surface area (TPSA) is 102 Å². The summed E-state index contributed by atoms with van der Waals surface area (Å²) in [4.78, 5) is 37.2. The third-order valence-corrected chi connectivity index (χ3v) is 5.14. The van der Waals surface area contributed by atoms with Crippen molar-refractivity contribution in [2.45, 2.75) is 19.8 Å². The smallest absolute Gasteiger partial charge is 0.338 e. The molecule has 1 amide bonds. The molecule has 1 heterocycles. The van der Waals surface area contributed by atoms with Crippen LogP contribution in [-0.4, -0.2) is 36.5 Å². The monoisotopic (exact) mass is 417 g/mol. The van der Waals surface area contributed by atoms with Crippen LogP contribution >= 0.6 is 11.6 Å². The lowest BCUT2D eigenvalue weighted by Crippen LogP contribution is -2.22. The van der Waals surface area contributed by atoms with Crippen molar-refractivity contribution in [2.24, 2.45) is 0 Å². The van der Waals surface area contributed by atoms with Gasteiger partial charge in [-0.25, -0.2) is 4.79 Å². The number of carbonyl (C=O) groups is 2. The van der Waals surface area contributed by atoms with Gasteiger partial charge in [0.2, 0.25) is 0 Å². The van der Waals surface area contributed by atoms with Gasteiger partial charge in [0.15, 0.2) is 6.61 Å². The van der Waals surface area contributed by atoms with Crippen LogP contribution in [0.5, 0.6) is 0 Å². The Morgan fingerprint density at radius 2 is 1.97 bits per heavy atom. The molecule has 1 saturated heterocycles. The van der Waals surface area contributed by atoms with Gasteiger partial charge in [0.1, 0.15) is 5.69 Å². The van der Waals surface area contributed by atoms with E-state index in [9.17, 15) is 19.7 Å². The molecular formula is C20H20ClN3O5. The van der Waals surface area contributed by atoms with E-state index in [1.807, 2.05) is 4.90 Å². The quantitative estimate of drug-likeness (QED) is 0.433. The van der Waals surface area contributed by atoms with Gasteiger partial charge >= 0.3 is 5.97 Å². The molecule has 1 aliphatic rings. The lowest BCUT2D eigenvalue weighted by Gasteiger charge is -2.17. The molecule has 1 N–H and O–H groups in total. The lowest BCUT2D eigenvalue weighted by atomic mass is 10.1. The Bertz CT molecular complexity index is 957. The fourth-order valence-corrected chi connectivity index (χ4v) is 3.34. The van der Waals surface area contributed by atoms with Gasteiger partial charge in [-0.3, -0.25) is 14.9 Å². The molecule has 152 valence electrons. The molecule has 29 heavy (non-hydrogen) atoms. The van der Waals surface area contributed by atoms with Crippen molar-refractivity contribution >= 4 is 40.5 Å². The fourth-order valence-electron chi connectivity index (χ4n) is 3.17. The molecule has 0 saturated carbocycles. The number of nitrogens with one attached hydrogen (secondary N) is 1. The third kappa shape index (κ3) is 4.83. The number of carbonyl (C=O) groups excluding carboxylic acids is 2. The number of hydrogen-bond acceptors (Lipinski definition) is 6. The number of rotatable bonds is 6. The Labute approximate surface area is 172 Å². The second kappa shape index (κ2) is 8.91. The Hall–Kier alpha value is -3.13. The van der Waals surface area contributed by atoms with Crippen LogP contribution in [0.4, 0.5) is 17.1 Å². The SMILES string of the molecule is Cc1c(Cl)cccc1NC(=O)COC(=O)c1ccc(N2CCCC2)c([N+](=O)[O-])c1. The number of nitrogens with zero attached hydrogens (tertiary/aromatic N) is 2. The molecule has 0 spiro atoms. The molecule has 0 radical (unpaired) electrons. The van der Waals surface area contributed by atoms with E-state index < -0.39 is 23.4 Å². The summed E-state index contributed by atoms with van der Waals surface area (Å²) in [6, 6.07) is 9.29. The summed E-state index contributed by atoms with van der Waals surface area (Å²) in [5.74, 6) is -1.34. The highest BCUT2D eigenvalue weighted by Gasteiger charge is 2.24. The standard InChI is InChI=1S/C20H20ClN3O5/c1-13-15(21)5-4-6-16(13)22-19(25)12-29-20(26)14-7-8-17(18(11-14)24(27)28)23-9-2-3-10-23/h4-8,11H,2-3,9-10,12H2,1H3,(H,22,25). The van der Waals surface area contributed by atoms with Crippen LogP contribution in [0.3, 0.4) is 0 Å². The number of halogens is 1. The number of nitro benzene ring substituents is 1. The molecule has 1 aliphatic heterocycles. The van der Waals surface area contributed by atoms with Crippen molar-refractivity contribution in [1.29, 1.82) is 0 Å². The van der Waals surface area contributed by atoms with E-state index in [1.165, 1.54) is 12.1 Å². The maximum absolute atomic E-state index is 12.3. The van der Waals surface area contributed by atoms with Crippen LogP contribution in [0.2, 0.25) is 5.02 Å². The van der Waals surface area contributed by atoms with Crippen LogP contribution in [0.1, 0.15) is 28.8 Å². The normalized spacial score (nSPS) is 13.2. The maximum Gasteiger partial charge on any atom is 0.338 e. The van der Waals surface area contributed by atoms with Crippen LogP contribution in [0.25, 0.3) is 0 Å². The van der Waals surface area contributed by atoms with Gasteiger partial charge in [-0.2, -0.15) is 0 Å². The first kappa shape index (κ1) is 20.6. The van der Waals surface area contributed by atoms with Gasteiger partial charge < -0.3 is 15.0 Å². The molecule has 2 aromatic rings. The van der Waals surface area contributed by atoms with Crippen molar-refractivity contribution in [1.82, 2.24) is 0 Å². The highest BCUT2D eigenvalue weighted by molar-refractivity contribution is 6.31. The first-order chi connectivity index (χ1) is 13.9. The molecule has 0 aromatic heterocycles. The average molecular weight is 418 g/mol. The number of amides is 1. The molecule has 0 unspecified atom stereocenters. The zero-order valence-corrected chi connectivity index (χ0v) is 16.6. The number of nitro groups is 1. The van der Waals surface area contributed by atoms with Crippen molar-refractivity contribution in [3.63, 3.8) is 0 Å². The molecule has 3 rings (SSSR count). The van der Waals surface area contributed by atoms with Crippen molar-refractivity contribution < 1.29 is 19.2 Å². The second-order valence-electron chi connectivity index (χ2n) is 6.69. The first-order valence-electron chi connectivity index (χ1n) is 9.12. The number of esters is 1. The van der Waals surface area contributed by atoms with E-state index >= 15 is 0 Å².